The van der Waals surface area contributed by atoms with Crippen molar-refractivity contribution in [3.05, 3.63) is 64.7 Å². The van der Waals surface area contributed by atoms with E-state index in [9.17, 15) is 14.4 Å². The van der Waals surface area contributed by atoms with E-state index in [1.165, 1.54) is 24.8 Å². The van der Waals surface area contributed by atoms with Gasteiger partial charge < -0.3 is 16.0 Å². The van der Waals surface area contributed by atoms with Crippen LogP contribution in [0.2, 0.25) is 0 Å². The number of hydrogen-bond donors (Lipinski definition) is 3. The summed E-state index contributed by atoms with van der Waals surface area (Å²) in [5.41, 5.74) is 10.4. The number of nitrogens with two attached hydrogens (primary N) is 1. The maximum absolute atomic E-state index is 13.2. The predicted molar refractivity (Wildman–Crippen MR) is 127 cm³/mol. The molecule has 2 aliphatic rings. The second-order valence-electron chi connectivity index (χ2n) is 8.85. The average Bonchev–Trinajstić information content (AvgIpc) is 3.15. The van der Waals surface area contributed by atoms with E-state index in [-0.39, 0.29) is 24.1 Å². The highest BCUT2D eigenvalue weighted by molar-refractivity contribution is 6.06. The molecule has 174 valence electrons. The van der Waals surface area contributed by atoms with Crippen molar-refractivity contribution in [1.82, 2.24) is 10.2 Å². The molecule has 2 heterocycles. The van der Waals surface area contributed by atoms with Crippen LogP contribution in [-0.2, 0) is 29.1 Å². The van der Waals surface area contributed by atoms with E-state index in [2.05, 4.69) is 34.9 Å². The monoisotopic (exact) mass is 448 g/mol. The number of carbonyl (C=O) groups is 3. The van der Waals surface area contributed by atoms with Gasteiger partial charge in [-0.05, 0) is 61.1 Å². The number of hydrogen-bond acceptors (Lipinski definition) is 5. The number of rotatable bonds is 10. The van der Waals surface area contributed by atoms with Crippen LogP contribution in [0.1, 0.15) is 65.6 Å². The Hall–Kier alpha value is -3.19. The van der Waals surface area contributed by atoms with Crippen LogP contribution >= 0.6 is 0 Å². The van der Waals surface area contributed by atoms with Gasteiger partial charge in [-0.2, -0.15) is 0 Å². The maximum atomic E-state index is 13.2. The van der Waals surface area contributed by atoms with Crippen molar-refractivity contribution in [2.24, 2.45) is 5.73 Å². The number of piperidine rings is 1. The Morgan fingerprint density at radius 1 is 1.00 bits per heavy atom. The van der Waals surface area contributed by atoms with E-state index < -0.39 is 6.04 Å². The fraction of sp³-hybridized carbons (Fsp3) is 0.423. The molecule has 0 radical (unpaired) electrons. The lowest BCUT2D eigenvalue weighted by molar-refractivity contribution is -0.136. The van der Waals surface area contributed by atoms with E-state index >= 15 is 0 Å². The molecule has 2 aromatic rings. The molecular weight excluding hydrogens is 416 g/mol. The molecule has 3 amide bonds. The second kappa shape index (κ2) is 10.6. The SMILES string of the molecule is NCCCCCCc1ccc(NCc2cccc3c2C(=O)N(C2CCC(=O)NC2=O)C3)cc1. The minimum atomic E-state index is -0.591. The third-order valence-corrected chi connectivity index (χ3v) is 6.50. The Bertz CT molecular complexity index is 1020. The van der Waals surface area contributed by atoms with Crippen LogP contribution in [0.3, 0.4) is 0 Å². The highest BCUT2D eigenvalue weighted by atomic mass is 16.2. The van der Waals surface area contributed by atoms with Crippen molar-refractivity contribution in [2.75, 3.05) is 11.9 Å². The van der Waals surface area contributed by atoms with E-state index in [4.69, 9.17) is 5.73 Å². The summed E-state index contributed by atoms with van der Waals surface area (Å²) < 4.78 is 0. The normalized spacial score (nSPS) is 17.8. The fourth-order valence-electron chi connectivity index (χ4n) is 4.65. The van der Waals surface area contributed by atoms with E-state index in [0.717, 1.165) is 36.2 Å². The standard InChI is InChI=1S/C26H32N4O3/c27-15-4-2-1-3-6-18-9-11-21(12-10-18)28-16-19-7-5-8-20-17-30(26(33)24(19)20)22-13-14-23(31)29-25(22)32/h5,7-12,22,28H,1-4,6,13-17,27H2,(H,29,31,32). The van der Waals surface area contributed by atoms with Crippen molar-refractivity contribution < 1.29 is 14.4 Å². The first kappa shape index (κ1) is 23.0. The molecule has 0 aromatic heterocycles. The van der Waals surface area contributed by atoms with Crippen LogP contribution in [0.4, 0.5) is 5.69 Å². The van der Waals surface area contributed by atoms with E-state index in [1.54, 1.807) is 4.90 Å². The first-order chi connectivity index (χ1) is 16.1. The summed E-state index contributed by atoms with van der Waals surface area (Å²) >= 11 is 0. The Balaban J connectivity index is 1.36. The van der Waals surface area contributed by atoms with Gasteiger partial charge in [0.2, 0.25) is 11.8 Å². The summed E-state index contributed by atoms with van der Waals surface area (Å²) in [6.07, 6.45) is 6.37. The van der Waals surface area contributed by atoms with Crippen LogP contribution in [0, 0.1) is 0 Å². The van der Waals surface area contributed by atoms with E-state index in [1.807, 2.05) is 18.2 Å². The number of benzene rings is 2. The summed E-state index contributed by atoms with van der Waals surface area (Å²) in [5.74, 6) is -0.795. The number of anilines is 1. The molecule has 1 atom stereocenters. The third kappa shape index (κ3) is 5.42. The predicted octanol–water partition coefficient (Wildman–Crippen LogP) is 3.12. The highest BCUT2D eigenvalue weighted by Crippen LogP contribution is 2.30. The quantitative estimate of drug-likeness (QED) is 0.383. The molecular formula is C26H32N4O3. The molecule has 4 rings (SSSR count). The number of imide groups is 1. The van der Waals surface area contributed by atoms with Crippen molar-refractivity contribution in [3.8, 4) is 0 Å². The Morgan fingerprint density at radius 2 is 1.79 bits per heavy atom. The molecule has 1 fully saturated rings. The minimum Gasteiger partial charge on any atom is -0.381 e. The van der Waals surface area contributed by atoms with Gasteiger partial charge >= 0.3 is 0 Å². The molecule has 7 nitrogen and oxygen atoms in total. The van der Waals surface area contributed by atoms with Gasteiger partial charge in [0.15, 0.2) is 0 Å². The average molecular weight is 449 g/mol. The molecule has 0 bridgehead atoms. The van der Waals surface area contributed by atoms with Crippen LogP contribution < -0.4 is 16.4 Å². The zero-order valence-electron chi connectivity index (χ0n) is 18.9. The largest absolute Gasteiger partial charge is 0.381 e. The van der Waals surface area contributed by atoms with Crippen LogP contribution in [0.15, 0.2) is 42.5 Å². The fourth-order valence-corrected chi connectivity index (χ4v) is 4.65. The molecule has 2 aromatic carbocycles. The van der Waals surface area contributed by atoms with Crippen LogP contribution in [-0.4, -0.2) is 35.2 Å². The number of nitrogens with zero attached hydrogens (tertiary/aromatic N) is 1. The lowest BCUT2D eigenvalue weighted by Gasteiger charge is -2.29. The zero-order valence-corrected chi connectivity index (χ0v) is 18.9. The smallest absolute Gasteiger partial charge is 0.255 e. The third-order valence-electron chi connectivity index (χ3n) is 6.50. The zero-order chi connectivity index (χ0) is 23.2. The summed E-state index contributed by atoms with van der Waals surface area (Å²) in [4.78, 5) is 38.5. The van der Waals surface area contributed by atoms with Crippen LogP contribution in [0.25, 0.3) is 0 Å². The molecule has 4 N–H and O–H groups in total. The van der Waals surface area contributed by atoms with Crippen molar-refractivity contribution in [1.29, 1.82) is 0 Å². The molecule has 0 aliphatic carbocycles. The number of carbonyl (C=O) groups excluding carboxylic acids is 3. The van der Waals surface area contributed by atoms with Gasteiger partial charge in [0.1, 0.15) is 6.04 Å². The van der Waals surface area contributed by atoms with Gasteiger partial charge in [0.25, 0.3) is 5.91 Å². The topological polar surface area (TPSA) is 105 Å². The van der Waals surface area contributed by atoms with Gasteiger partial charge in [-0.1, -0.05) is 43.2 Å². The highest BCUT2D eigenvalue weighted by Gasteiger charge is 2.39. The Kier molecular flexibility index (Phi) is 7.40. The van der Waals surface area contributed by atoms with Crippen molar-refractivity contribution >= 4 is 23.4 Å². The van der Waals surface area contributed by atoms with Gasteiger partial charge in [-0.25, -0.2) is 0 Å². The van der Waals surface area contributed by atoms with Gasteiger partial charge in [0, 0.05) is 30.8 Å². The van der Waals surface area contributed by atoms with Gasteiger partial charge in [0.05, 0.1) is 0 Å². The molecule has 7 heteroatoms. The summed E-state index contributed by atoms with van der Waals surface area (Å²) in [5, 5.41) is 5.77. The summed E-state index contributed by atoms with van der Waals surface area (Å²) in [6, 6.07) is 13.7. The Morgan fingerprint density at radius 3 is 2.55 bits per heavy atom. The summed E-state index contributed by atoms with van der Waals surface area (Å²) in [6.45, 7) is 1.69. The lowest BCUT2D eigenvalue weighted by atomic mass is 10.0. The van der Waals surface area contributed by atoms with Gasteiger partial charge in [-0.3, -0.25) is 19.7 Å². The number of aryl methyl sites for hydroxylation is 1. The number of fused-ring (bicyclic) bond motifs is 1. The van der Waals surface area contributed by atoms with Gasteiger partial charge in [-0.15, -0.1) is 0 Å². The Labute approximate surface area is 194 Å². The first-order valence-electron chi connectivity index (χ1n) is 11.8. The summed E-state index contributed by atoms with van der Waals surface area (Å²) in [7, 11) is 0. The second-order valence-corrected chi connectivity index (χ2v) is 8.85. The number of amides is 3. The van der Waals surface area contributed by atoms with Crippen molar-refractivity contribution in [3.63, 3.8) is 0 Å². The molecule has 33 heavy (non-hydrogen) atoms. The molecule has 2 aliphatic heterocycles. The first-order valence-corrected chi connectivity index (χ1v) is 11.8. The van der Waals surface area contributed by atoms with Crippen molar-refractivity contribution in [2.45, 2.75) is 64.1 Å². The van der Waals surface area contributed by atoms with Crippen LogP contribution in [0.5, 0.6) is 0 Å². The van der Waals surface area contributed by atoms with E-state index in [0.29, 0.717) is 25.1 Å². The minimum absolute atomic E-state index is 0.137. The molecule has 1 unspecified atom stereocenters. The molecule has 0 saturated carbocycles. The molecule has 0 spiro atoms. The lowest BCUT2D eigenvalue weighted by Crippen LogP contribution is -2.52. The maximum Gasteiger partial charge on any atom is 0.255 e. The molecule has 1 saturated heterocycles. The number of unbranched alkanes of at least 4 members (excludes halogenated alkanes) is 3. The number of nitrogens with one attached hydrogen (secondary N) is 2.